The zero-order chi connectivity index (χ0) is 14.5. The smallest absolute Gasteiger partial charge is 0.363 e. The van der Waals surface area contributed by atoms with Gasteiger partial charge in [-0.25, -0.2) is 19.6 Å². The normalized spacial score (nSPS) is 9.85. The summed E-state index contributed by atoms with van der Waals surface area (Å²) < 4.78 is 10.1. The van der Waals surface area contributed by atoms with Gasteiger partial charge in [0, 0.05) is 6.07 Å². The second-order valence-electron chi connectivity index (χ2n) is 3.66. The van der Waals surface area contributed by atoms with Crippen molar-refractivity contribution < 1.29 is 24.2 Å². The first-order valence-corrected chi connectivity index (χ1v) is 5.51. The second-order valence-corrected chi connectivity index (χ2v) is 3.66. The van der Waals surface area contributed by atoms with Crippen LogP contribution in [0, 0.1) is 0 Å². The van der Waals surface area contributed by atoms with E-state index in [2.05, 4.69) is 9.97 Å². The van der Waals surface area contributed by atoms with E-state index >= 15 is 0 Å². The van der Waals surface area contributed by atoms with Gasteiger partial charge in [0.15, 0.2) is 11.4 Å². The first-order valence-electron chi connectivity index (χ1n) is 5.51. The van der Waals surface area contributed by atoms with E-state index in [0.717, 1.165) is 12.4 Å². The van der Waals surface area contributed by atoms with Crippen LogP contribution < -0.4 is 9.47 Å². The molecule has 0 aliphatic carbocycles. The first-order chi connectivity index (χ1) is 9.60. The highest BCUT2D eigenvalue weighted by Gasteiger charge is 2.13. The molecule has 0 radical (unpaired) electrons. The maximum atomic E-state index is 11.8. The minimum absolute atomic E-state index is 0.0854. The van der Waals surface area contributed by atoms with E-state index in [1.54, 1.807) is 18.2 Å². The highest BCUT2D eigenvalue weighted by atomic mass is 16.5. The van der Waals surface area contributed by atoms with Crippen molar-refractivity contribution in [1.82, 2.24) is 9.97 Å². The number of carbonyl (C=O) groups is 2. The number of methoxy groups -OCH3 is 1. The number of nitrogens with zero attached hydrogens (tertiary/aromatic N) is 2. The second kappa shape index (κ2) is 5.79. The number of carboxylic acids is 1. The summed E-state index contributed by atoms with van der Waals surface area (Å²) in [4.78, 5) is 29.7. The third-order valence-electron chi connectivity index (χ3n) is 2.33. The lowest BCUT2D eigenvalue weighted by atomic mass is 10.3. The van der Waals surface area contributed by atoms with Crippen LogP contribution in [-0.4, -0.2) is 34.1 Å². The zero-order valence-corrected chi connectivity index (χ0v) is 10.4. The van der Waals surface area contributed by atoms with Crippen LogP contribution in [0.3, 0.4) is 0 Å². The average molecular weight is 274 g/mol. The Labute approximate surface area is 113 Å². The minimum Gasteiger partial charge on any atom is -0.497 e. The van der Waals surface area contributed by atoms with Gasteiger partial charge in [0.2, 0.25) is 0 Å². The third-order valence-corrected chi connectivity index (χ3v) is 2.33. The molecule has 102 valence electrons. The van der Waals surface area contributed by atoms with Crippen LogP contribution in [-0.2, 0) is 0 Å². The first kappa shape index (κ1) is 13.5. The van der Waals surface area contributed by atoms with Gasteiger partial charge in [-0.1, -0.05) is 6.07 Å². The number of hydrogen-bond donors (Lipinski definition) is 1. The molecule has 2 rings (SSSR count). The van der Waals surface area contributed by atoms with Crippen molar-refractivity contribution in [3.05, 3.63) is 48.0 Å². The third kappa shape index (κ3) is 3.08. The Hall–Kier alpha value is -2.96. The lowest BCUT2D eigenvalue weighted by Crippen LogP contribution is -2.12. The topological polar surface area (TPSA) is 98.6 Å². The summed E-state index contributed by atoms with van der Waals surface area (Å²) in [5, 5.41) is 8.67. The Kier molecular flexibility index (Phi) is 3.90. The van der Waals surface area contributed by atoms with E-state index in [0.29, 0.717) is 11.5 Å². The molecule has 0 saturated carbocycles. The molecule has 0 fully saturated rings. The SMILES string of the molecule is COc1cccc(OC(=O)c2cnc(C(=O)O)cn2)c1. The van der Waals surface area contributed by atoms with Crippen LogP contribution in [0.5, 0.6) is 11.5 Å². The summed E-state index contributed by atoms with van der Waals surface area (Å²) in [6.45, 7) is 0. The van der Waals surface area contributed by atoms with Gasteiger partial charge in [0.05, 0.1) is 19.5 Å². The highest BCUT2D eigenvalue weighted by molar-refractivity contribution is 5.90. The van der Waals surface area contributed by atoms with Gasteiger partial charge in [-0.05, 0) is 12.1 Å². The molecule has 0 bridgehead atoms. The number of ether oxygens (including phenoxy) is 2. The van der Waals surface area contributed by atoms with Crippen LogP contribution in [0.1, 0.15) is 21.0 Å². The number of carboxylic acid groups (broad SMARTS) is 1. The summed E-state index contributed by atoms with van der Waals surface area (Å²) in [7, 11) is 1.50. The van der Waals surface area contributed by atoms with Gasteiger partial charge in [-0.3, -0.25) is 0 Å². The van der Waals surface area contributed by atoms with Crippen LogP contribution in [0.2, 0.25) is 0 Å². The van der Waals surface area contributed by atoms with Crippen molar-refractivity contribution in [1.29, 1.82) is 0 Å². The fourth-order valence-corrected chi connectivity index (χ4v) is 1.37. The lowest BCUT2D eigenvalue weighted by Gasteiger charge is -2.05. The molecule has 7 heteroatoms. The number of aromatic carboxylic acids is 1. The summed E-state index contributed by atoms with van der Waals surface area (Å²) >= 11 is 0. The van der Waals surface area contributed by atoms with E-state index in [1.807, 2.05) is 0 Å². The van der Waals surface area contributed by atoms with E-state index in [-0.39, 0.29) is 11.4 Å². The molecule has 0 amide bonds. The zero-order valence-electron chi connectivity index (χ0n) is 10.4. The Balaban J connectivity index is 2.13. The van der Waals surface area contributed by atoms with Gasteiger partial charge >= 0.3 is 11.9 Å². The minimum atomic E-state index is -1.22. The molecule has 7 nitrogen and oxygen atoms in total. The maximum absolute atomic E-state index is 11.8. The van der Waals surface area contributed by atoms with Crippen molar-refractivity contribution in [3.63, 3.8) is 0 Å². The van der Waals surface area contributed by atoms with Crippen molar-refractivity contribution in [2.75, 3.05) is 7.11 Å². The van der Waals surface area contributed by atoms with Crippen LogP contribution in [0.4, 0.5) is 0 Å². The molecule has 0 spiro atoms. The molecule has 0 unspecified atom stereocenters. The maximum Gasteiger partial charge on any atom is 0.363 e. The molecule has 0 saturated heterocycles. The molecule has 0 aliphatic rings. The average Bonchev–Trinajstić information content (AvgIpc) is 2.47. The molecular formula is C13H10N2O5. The largest absolute Gasteiger partial charge is 0.497 e. The summed E-state index contributed by atoms with van der Waals surface area (Å²) in [6.07, 6.45) is 2.04. The Bertz CT molecular complexity index is 639. The van der Waals surface area contributed by atoms with Gasteiger partial charge in [0.1, 0.15) is 11.5 Å². The Morgan fingerprint density at radius 2 is 1.75 bits per heavy atom. The van der Waals surface area contributed by atoms with Crippen molar-refractivity contribution in [3.8, 4) is 11.5 Å². The van der Waals surface area contributed by atoms with Crippen LogP contribution in [0.25, 0.3) is 0 Å². The molecule has 1 aromatic heterocycles. The van der Waals surface area contributed by atoms with Crippen LogP contribution >= 0.6 is 0 Å². The van der Waals surface area contributed by atoms with Crippen LogP contribution in [0.15, 0.2) is 36.7 Å². The lowest BCUT2D eigenvalue weighted by molar-refractivity contribution is 0.0682. The predicted molar refractivity (Wildman–Crippen MR) is 66.9 cm³/mol. The van der Waals surface area contributed by atoms with E-state index < -0.39 is 11.9 Å². The number of benzene rings is 1. The monoisotopic (exact) mass is 274 g/mol. The molecular weight excluding hydrogens is 264 g/mol. The summed E-state index contributed by atoms with van der Waals surface area (Å²) in [5.41, 5.74) is -0.333. The Morgan fingerprint density at radius 3 is 2.35 bits per heavy atom. The molecule has 0 atom stereocenters. The number of carbonyl (C=O) groups excluding carboxylic acids is 1. The summed E-state index contributed by atoms with van der Waals surface area (Å²) in [5.74, 6) is -1.12. The number of rotatable bonds is 4. The van der Waals surface area contributed by atoms with Crippen molar-refractivity contribution in [2.45, 2.75) is 0 Å². The quantitative estimate of drug-likeness (QED) is 0.664. The standard InChI is InChI=1S/C13H10N2O5/c1-19-8-3-2-4-9(5-8)20-13(18)11-7-14-10(6-15-11)12(16)17/h2-7H,1H3,(H,16,17). The predicted octanol–water partition coefficient (Wildman–Crippen LogP) is 1.40. The Morgan fingerprint density at radius 1 is 1.10 bits per heavy atom. The highest BCUT2D eigenvalue weighted by Crippen LogP contribution is 2.19. The van der Waals surface area contributed by atoms with Gasteiger partial charge in [-0.15, -0.1) is 0 Å². The van der Waals surface area contributed by atoms with E-state index in [9.17, 15) is 9.59 Å². The van der Waals surface area contributed by atoms with Gasteiger partial charge in [-0.2, -0.15) is 0 Å². The van der Waals surface area contributed by atoms with Gasteiger partial charge < -0.3 is 14.6 Å². The molecule has 1 N–H and O–H groups in total. The molecule has 1 aromatic carbocycles. The number of aromatic nitrogens is 2. The molecule has 2 aromatic rings. The number of hydrogen-bond acceptors (Lipinski definition) is 6. The molecule has 20 heavy (non-hydrogen) atoms. The molecule has 1 heterocycles. The van der Waals surface area contributed by atoms with Gasteiger partial charge in [0.25, 0.3) is 0 Å². The van der Waals surface area contributed by atoms with Crippen molar-refractivity contribution in [2.24, 2.45) is 0 Å². The fourth-order valence-electron chi connectivity index (χ4n) is 1.37. The van der Waals surface area contributed by atoms with E-state index in [1.165, 1.54) is 13.2 Å². The number of esters is 1. The molecule has 0 aliphatic heterocycles. The summed E-state index contributed by atoms with van der Waals surface area (Å²) in [6, 6.07) is 6.50. The van der Waals surface area contributed by atoms with Crippen molar-refractivity contribution >= 4 is 11.9 Å². The van der Waals surface area contributed by atoms with E-state index in [4.69, 9.17) is 14.6 Å². The fraction of sp³-hybridized carbons (Fsp3) is 0.0769.